The van der Waals surface area contributed by atoms with Crippen LogP contribution in [0.1, 0.15) is 79.6 Å². The van der Waals surface area contributed by atoms with E-state index in [0.29, 0.717) is 23.5 Å². The van der Waals surface area contributed by atoms with Crippen LogP contribution in [0.3, 0.4) is 0 Å². The number of hydrogen-bond acceptors (Lipinski definition) is 2. The van der Waals surface area contributed by atoms with E-state index in [2.05, 4.69) is 41.0 Å². The Labute approximate surface area is 142 Å². The molecule has 1 radical (unpaired) electrons. The Bertz CT molecular complexity index is 480. The normalized spacial score (nSPS) is 45.9. The second-order valence-electron chi connectivity index (χ2n) is 9.95. The van der Waals surface area contributed by atoms with Crippen LogP contribution < -0.4 is 0 Å². The molecule has 131 valence electrons. The lowest BCUT2D eigenvalue weighted by Crippen LogP contribution is -2.41. The largest absolute Gasteiger partial charge is 0.393 e. The van der Waals surface area contributed by atoms with E-state index in [4.69, 9.17) is 0 Å². The smallest absolute Gasteiger partial charge is 0.139 e. The molecule has 0 aromatic rings. The number of fused-ring (bicyclic) bond motifs is 2. The fraction of sp³-hybridized carbons (Fsp3) is 0.905. The van der Waals surface area contributed by atoms with E-state index in [1.807, 2.05) is 0 Å². The summed E-state index contributed by atoms with van der Waals surface area (Å²) in [7, 11) is 0. The van der Waals surface area contributed by atoms with Gasteiger partial charge in [-0.25, -0.2) is 0 Å². The number of ketones is 1. The lowest BCUT2D eigenvalue weighted by atomic mass is 9.60. The predicted molar refractivity (Wildman–Crippen MR) is 93.8 cm³/mol. The Hall–Kier alpha value is -0.370. The molecule has 0 aromatic heterocycles. The monoisotopic (exact) mass is 319 g/mol. The average molecular weight is 320 g/mol. The number of Topliss-reactive ketones (excluding diaryl/α,β-unsaturated/α-hetero) is 1. The van der Waals surface area contributed by atoms with E-state index >= 15 is 0 Å². The molecule has 0 saturated heterocycles. The first-order valence-corrected chi connectivity index (χ1v) is 9.67. The zero-order valence-corrected chi connectivity index (χ0v) is 15.7. The molecular formula is C21H35O2. The Morgan fingerprint density at radius 2 is 1.91 bits per heavy atom. The van der Waals surface area contributed by atoms with Crippen LogP contribution in [-0.4, -0.2) is 17.0 Å². The van der Waals surface area contributed by atoms with Crippen LogP contribution in [0, 0.1) is 40.4 Å². The van der Waals surface area contributed by atoms with Crippen LogP contribution in [-0.2, 0) is 4.79 Å². The minimum Gasteiger partial charge on any atom is -0.393 e. The van der Waals surface area contributed by atoms with Crippen molar-refractivity contribution in [3.8, 4) is 0 Å². The summed E-state index contributed by atoms with van der Waals surface area (Å²) in [4.78, 5) is 12.7. The summed E-state index contributed by atoms with van der Waals surface area (Å²) >= 11 is 0. The third-order valence-electron chi connectivity index (χ3n) is 8.16. The summed E-state index contributed by atoms with van der Waals surface area (Å²) < 4.78 is 0. The lowest BCUT2D eigenvalue weighted by molar-refractivity contribution is -0.129. The SMILES string of the molecule is CC(C)[C@@H]1CC[C@@](C)([CH]CC23CCC(CC2=O)C3(C)C)C[C@H]1O. The van der Waals surface area contributed by atoms with Gasteiger partial charge >= 0.3 is 0 Å². The van der Waals surface area contributed by atoms with E-state index in [1.165, 1.54) is 6.42 Å². The molecule has 23 heavy (non-hydrogen) atoms. The van der Waals surface area contributed by atoms with Gasteiger partial charge in [-0.2, -0.15) is 0 Å². The number of rotatable bonds is 4. The molecule has 3 saturated carbocycles. The average Bonchev–Trinajstić information content (AvgIpc) is 2.79. The standard InChI is InChI=1S/C21H35O2/c1-14(2)16-7-8-20(5,13-17(16)22)10-11-21-9-6-15(12-18(21)23)19(21,3)4/h10,14-17,22H,6-9,11-13H2,1-5H3/t15?,16-,17+,20-,21?/m0/s1. The Morgan fingerprint density at radius 3 is 2.39 bits per heavy atom. The molecule has 0 amide bonds. The van der Waals surface area contributed by atoms with E-state index < -0.39 is 0 Å². The van der Waals surface area contributed by atoms with Crippen LogP contribution in [0.15, 0.2) is 0 Å². The summed E-state index contributed by atoms with van der Waals surface area (Å²) in [6, 6.07) is 0. The van der Waals surface area contributed by atoms with E-state index in [-0.39, 0.29) is 22.3 Å². The van der Waals surface area contributed by atoms with Crippen molar-refractivity contribution in [1.29, 1.82) is 0 Å². The molecule has 5 atom stereocenters. The molecule has 0 aliphatic heterocycles. The summed E-state index contributed by atoms with van der Waals surface area (Å²) in [5, 5.41) is 10.6. The molecule has 3 aliphatic carbocycles. The first-order chi connectivity index (χ1) is 10.6. The van der Waals surface area contributed by atoms with Crippen molar-refractivity contribution in [2.24, 2.45) is 34.0 Å². The van der Waals surface area contributed by atoms with Crippen molar-refractivity contribution >= 4 is 5.78 Å². The highest BCUT2D eigenvalue weighted by atomic mass is 16.3. The number of carbonyl (C=O) groups excluding carboxylic acids is 1. The van der Waals surface area contributed by atoms with Gasteiger partial charge in [0.1, 0.15) is 5.78 Å². The molecule has 2 unspecified atom stereocenters. The maximum absolute atomic E-state index is 12.7. The number of aliphatic hydroxyl groups is 1. The van der Waals surface area contributed by atoms with Crippen molar-refractivity contribution in [3.63, 3.8) is 0 Å². The molecule has 3 fully saturated rings. The number of aliphatic hydroxyl groups excluding tert-OH is 1. The highest BCUT2D eigenvalue weighted by molar-refractivity contribution is 5.89. The topological polar surface area (TPSA) is 37.3 Å². The van der Waals surface area contributed by atoms with Gasteiger partial charge in [0.2, 0.25) is 0 Å². The van der Waals surface area contributed by atoms with Crippen LogP contribution in [0.4, 0.5) is 0 Å². The first-order valence-electron chi connectivity index (χ1n) is 9.67. The number of hydrogen-bond donors (Lipinski definition) is 1. The van der Waals surface area contributed by atoms with Crippen molar-refractivity contribution in [2.45, 2.75) is 85.7 Å². The second-order valence-corrected chi connectivity index (χ2v) is 9.95. The minimum atomic E-state index is -0.189. The lowest BCUT2D eigenvalue weighted by Gasteiger charge is -2.45. The van der Waals surface area contributed by atoms with Crippen molar-refractivity contribution in [3.05, 3.63) is 6.42 Å². The van der Waals surface area contributed by atoms with Gasteiger partial charge in [0.25, 0.3) is 0 Å². The van der Waals surface area contributed by atoms with Crippen LogP contribution >= 0.6 is 0 Å². The quantitative estimate of drug-likeness (QED) is 0.808. The zero-order valence-electron chi connectivity index (χ0n) is 15.7. The molecule has 3 aliphatic rings. The van der Waals surface area contributed by atoms with Crippen molar-refractivity contribution in [1.82, 2.24) is 0 Å². The molecule has 0 heterocycles. The summed E-state index contributed by atoms with van der Waals surface area (Å²) in [5.41, 5.74) is 0.141. The van der Waals surface area contributed by atoms with Gasteiger partial charge in [0, 0.05) is 11.8 Å². The Morgan fingerprint density at radius 1 is 1.22 bits per heavy atom. The first kappa shape index (κ1) is 17.5. The zero-order chi connectivity index (χ0) is 17.0. The highest BCUT2D eigenvalue weighted by Crippen LogP contribution is 2.66. The molecule has 3 rings (SSSR count). The third kappa shape index (κ3) is 2.60. The molecule has 2 heteroatoms. The van der Waals surface area contributed by atoms with E-state index in [9.17, 15) is 9.90 Å². The van der Waals surface area contributed by atoms with Crippen LogP contribution in [0.5, 0.6) is 0 Å². The van der Waals surface area contributed by atoms with E-state index in [1.54, 1.807) is 0 Å². The van der Waals surface area contributed by atoms with Gasteiger partial charge in [-0.1, -0.05) is 34.6 Å². The van der Waals surface area contributed by atoms with Crippen molar-refractivity contribution in [2.75, 3.05) is 0 Å². The van der Waals surface area contributed by atoms with Gasteiger partial charge in [0.05, 0.1) is 6.10 Å². The predicted octanol–water partition coefficient (Wildman–Crippen LogP) is 4.80. The van der Waals surface area contributed by atoms with Gasteiger partial charge in [-0.15, -0.1) is 0 Å². The van der Waals surface area contributed by atoms with Gasteiger partial charge in [0.15, 0.2) is 0 Å². The molecule has 1 N–H and O–H groups in total. The van der Waals surface area contributed by atoms with Crippen LogP contribution in [0.2, 0.25) is 0 Å². The van der Waals surface area contributed by atoms with Gasteiger partial charge < -0.3 is 5.11 Å². The minimum absolute atomic E-state index is 0.0938. The molecule has 0 spiro atoms. The number of carbonyl (C=O) groups is 1. The maximum atomic E-state index is 12.7. The third-order valence-corrected chi connectivity index (χ3v) is 8.16. The molecule has 0 aromatic carbocycles. The molecule has 2 bridgehead atoms. The Kier molecular flexibility index (Phi) is 4.23. The van der Waals surface area contributed by atoms with Gasteiger partial charge in [-0.3, -0.25) is 4.79 Å². The summed E-state index contributed by atoms with van der Waals surface area (Å²) in [6.45, 7) is 11.4. The van der Waals surface area contributed by atoms with E-state index in [0.717, 1.165) is 38.5 Å². The van der Waals surface area contributed by atoms with Gasteiger partial charge in [-0.05, 0) is 73.5 Å². The fourth-order valence-electron chi connectivity index (χ4n) is 6.05. The highest BCUT2D eigenvalue weighted by Gasteiger charge is 2.63. The molecular weight excluding hydrogens is 284 g/mol. The summed E-state index contributed by atoms with van der Waals surface area (Å²) in [5.74, 6) is 2.10. The summed E-state index contributed by atoms with van der Waals surface area (Å²) in [6.07, 6.45) is 9.39. The Balaban J connectivity index is 1.68. The van der Waals surface area contributed by atoms with Crippen molar-refractivity contribution < 1.29 is 9.90 Å². The second kappa shape index (κ2) is 5.58. The molecule has 2 nitrogen and oxygen atoms in total. The van der Waals surface area contributed by atoms with Crippen LogP contribution in [0.25, 0.3) is 0 Å². The maximum Gasteiger partial charge on any atom is 0.139 e. The fourth-order valence-corrected chi connectivity index (χ4v) is 6.05.